The summed E-state index contributed by atoms with van der Waals surface area (Å²) in [5.41, 5.74) is 8.45. The summed E-state index contributed by atoms with van der Waals surface area (Å²) in [6, 6.07) is 19.1. The van der Waals surface area contributed by atoms with Gasteiger partial charge in [0.1, 0.15) is 0 Å². The second-order valence-corrected chi connectivity index (χ2v) is 9.11. The summed E-state index contributed by atoms with van der Waals surface area (Å²) in [4.78, 5) is 14.6. The van der Waals surface area contributed by atoms with Crippen molar-refractivity contribution in [3.63, 3.8) is 0 Å². The molecule has 0 aliphatic carbocycles. The van der Waals surface area contributed by atoms with E-state index in [1.54, 1.807) is 11.8 Å². The Hall–Kier alpha value is -2.57. The van der Waals surface area contributed by atoms with Crippen LogP contribution in [0.5, 0.6) is 0 Å². The summed E-state index contributed by atoms with van der Waals surface area (Å²) < 4.78 is 7.50. The van der Waals surface area contributed by atoms with Gasteiger partial charge in [0.25, 0.3) is 0 Å². The molecule has 0 atom stereocenters. The van der Waals surface area contributed by atoms with Crippen molar-refractivity contribution in [1.29, 1.82) is 0 Å². The first kappa shape index (κ1) is 20.7. The van der Waals surface area contributed by atoms with Crippen LogP contribution in [0.3, 0.4) is 0 Å². The Balaban J connectivity index is 1.56. The first-order chi connectivity index (χ1) is 14.5. The van der Waals surface area contributed by atoms with Gasteiger partial charge in [-0.1, -0.05) is 36.0 Å². The topological polar surface area (TPSA) is 70.1 Å². The first-order valence-electron chi connectivity index (χ1n) is 10.3. The van der Waals surface area contributed by atoms with Crippen molar-refractivity contribution < 1.29 is 9.53 Å². The Kier molecular flexibility index (Phi) is 5.97. The molecule has 1 aliphatic rings. The molecule has 3 aromatic rings. The first-order valence-corrected chi connectivity index (χ1v) is 11.1. The molecule has 1 fully saturated rings. The average Bonchev–Trinajstić information content (AvgIpc) is 3.25. The molecular weight excluding hydrogens is 394 g/mol. The molecule has 0 saturated carbocycles. The van der Waals surface area contributed by atoms with Crippen LogP contribution in [0.2, 0.25) is 0 Å². The number of carbonyl (C=O) groups excluding carboxylic acids is 1. The largest absolute Gasteiger partial charge is 0.381 e. The van der Waals surface area contributed by atoms with E-state index in [2.05, 4.69) is 55.3 Å². The minimum Gasteiger partial charge on any atom is -0.381 e. The third-order valence-corrected chi connectivity index (χ3v) is 6.75. The van der Waals surface area contributed by atoms with Gasteiger partial charge in [0.2, 0.25) is 5.91 Å². The highest BCUT2D eigenvalue weighted by Gasteiger charge is 2.40. The van der Waals surface area contributed by atoms with Gasteiger partial charge < -0.3 is 10.5 Å². The van der Waals surface area contributed by atoms with Crippen LogP contribution < -0.4 is 5.73 Å². The molecule has 1 aliphatic heterocycles. The average molecular weight is 422 g/mol. The highest BCUT2D eigenvalue weighted by Crippen LogP contribution is 2.38. The van der Waals surface area contributed by atoms with E-state index in [0.717, 1.165) is 26.6 Å². The molecule has 6 heteroatoms. The maximum absolute atomic E-state index is 12.3. The van der Waals surface area contributed by atoms with E-state index in [-0.39, 0.29) is 5.91 Å². The molecule has 4 rings (SSSR count). The van der Waals surface area contributed by atoms with Crippen LogP contribution in [0.15, 0.2) is 70.6 Å². The van der Waals surface area contributed by atoms with Crippen molar-refractivity contribution in [2.75, 3.05) is 13.2 Å². The number of rotatable bonds is 6. The monoisotopic (exact) mass is 421 g/mol. The van der Waals surface area contributed by atoms with Crippen LogP contribution in [0, 0.1) is 0 Å². The Bertz CT molecular complexity index is 1020. The summed E-state index contributed by atoms with van der Waals surface area (Å²) in [7, 11) is 0. The number of amides is 1. The lowest BCUT2D eigenvalue weighted by atomic mass is 9.73. The third-order valence-electron chi connectivity index (χ3n) is 5.75. The van der Waals surface area contributed by atoms with Gasteiger partial charge in [-0.05, 0) is 68.1 Å². The van der Waals surface area contributed by atoms with Crippen molar-refractivity contribution in [2.45, 2.75) is 47.9 Å². The number of nitrogens with two attached hydrogens (primary N) is 1. The van der Waals surface area contributed by atoms with Gasteiger partial charge in [0.05, 0.1) is 11.1 Å². The molecule has 0 bridgehead atoms. The van der Waals surface area contributed by atoms with E-state index in [1.807, 2.05) is 29.1 Å². The molecule has 30 heavy (non-hydrogen) atoms. The molecule has 1 aromatic heterocycles. The lowest BCUT2D eigenvalue weighted by molar-refractivity contribution is -0.127. The standard InChI is InChI=1S/C24H27N3O2S/c1-17(2)27-22(10-13-26-27)18-6-8-20(9-7-18)30-21-5-3-4-19(16-21)24(23(25)28)11-14-29-15-12-24/h3-10,13,16-17H,11-12,14-15H2,1-2H3,(H2,25,28). The van der Waals surface area contributed by atoms with Crippen LogP contribution in [-0.2, 0) is 14.9 Å². The molecule has 2 heterocycles. The number of benzene rings is 2. The molecule has 2 aromatic carbocycles. The molecule has 156 valence electrons. The summed E-state index contributed by atoms with van der Waals surface area (Å²) in [5, 5.41) is 4.42. The van der Waals surface area contributed by atoms with Gasteiger partial charge in [-0.25, -0.2) is 0 Å². The predicted octanol–water partition coefficient (Wildman–Crippen LogP) is 4.82. The quantitative estimate of drug-likeness (QED) is 0.620. The van der Waals surface area contributed by atoms with E-state index in [0.29, 0.717) is 32.1 Å². The summed E-state index contributed by atoms with van der Waals surface area (Å²) in [5.74, 6) is -0.265. The number of aromatic nitrogens is 2. The van der Waals surface area contributed by atoms with Crippen LogP contribution in [0.4, 0.5) is 0 Å². The molecule has 5 nitrogen and oxygen atoms in total. The second-order valence-electron chi connectivity index (χ2n) is 7.97. The van der Waals surface area contributed by atoms with Crippen molar-refractivity contribution >= 4 is 17.7 Å². The van der Waals surface area contributed by atoms with E-state index in [9.17, 15) is 4.79 Å². The van der Waals surface area contributed by atoms with Crippen LogP contribution >= 0.6 is 11.8 Å². The summed E-state index contributed by atoms with van der Waals surface area (Å²) in [6.07, 6.45) is 3.11. The van der Waals surface area contributed by atoms with Gasteiger partial charge in [0, 0.05) is 35.2 Å². The maximum atomic E-state index is 12.3. The van der Waals surface area contributed by atoms with Crippen molar-refractivity contribution in [3.8, 4) is 11.3 Å². The summed E-state index contributed by atoms with van der Waals surface area (Å²) in [6.45, 7) is 5.39. The van der Waals surface area contributed by atoms with E-state index in [4.69, 9.17) is 10.5 Å². The Morgan fingerprint density at radius 2 is 1.83 bits per heavy atom. The molecule has 0 radical (unpaired) electrons. The zero-order chi connectivity index (χ0) is 21.1. The van der Waals surface area contributed by atoms with E-state index >= 15 is 0 Å². The van der Waals surface area contributed by atoms with Gasteiger partial charge in [-0.15, -0.1) is 0 Å². The van der Waals surface area contributed by atoms with Crippen LogP contribution in [0.1, 0.15) is 38.3 Å². The molecule has 1 saturated heterocycles. The lowest BCUT2D eigenvalue weighted by Gasteiger charge is -2.34. The van der Waals surface area contributed by atoms with Gasteiger partial charge in [-0.3, -0.25) is 9.48 Å². The van der Waals surface area contributed by atoms with Crippen molar-refractivity contribution in [1.82, 2.24) is 9.78 Å². The molecular formula is C24H27N3O2S. The predicted molar refractivity (Wildman–Crippen MR) is 120 cm³/mol. The van der Waals surface area contributed by atoms with Crippen molar-refractivity contribution in [2.24, 2.45) is 5.73 Å². The van der Waals surface area contributed by atoms with E-state index in [1.165, 1.54) is 0 Å². The number of ether oxygens (including phenoxy) is 1. The minimum atomic E-state index is -0.631. The van der Waals surface area contributed by atoms with Crippen molar-refractivity contribution in [3.05, 3.63) is 66.4 Å². The Morgan fingerprint density at radius 3 is 2.50 bits per heavy atom. The van der Waals surface area contributed by atoms with Crippen LogP contribution in [-0.4, -0.2) is 28.9 Å². The molecule has 0 unspecified atom stereocenters. The number of carbonyl (C=O) groups is 1. The lowest BCUT2D eigenvalue weighted by Crippen LogP contribution is -2.45. The molecule has 2 N–H and O–H groups in total. The number of hydrogen-bond donors (Lipinski definition) is 1. The highest BCUT2D eigenvalue weighted by atomic mass is 32.2. The Morgan fingerprint density at radius 1 is 1.10 bits per heavy atom. The zero-order valence-electron chi connectivity index (χ0n) is 17.4. The van der Waals surface area contributed by atoms with Gasteiger partial charge in [-0.2, -0.15) is 5.10 Å². The third kappa shape index (κ3) is 4.02. The fourth-order valence-electron chi connectivity index (χ4n) is 4.04. The SMILES string of the molecule is CC(C)n1nccc1-c1ccc(Sc2cccc(C3(C(N)=O)CCOCC3)c2)cc1. The normalized spacial score (nSPS) is 16.0. The van der Waals surface area contributed by atoms with Gasteiger partial charge in [0.15, 0.2) is 0 Å². The van der Waals surface area contributed by atoms with Gasteiger partial charge >= 0.3 is 0 Å². The minimum absolute atomic E-state index is 0.265. The Labute approximate surface area is 181 Å². The molecule has 0 spiro atoms. The number of nitrogens with zero attached hydrogens (tertiary/aromatic N) is 2. The smallest absolute Gasteiger partial charge is 0.228 e. The number of hydrogen-bond acceptors (Lipinski definition) is 4. The summed E-state index contributed by atoms with van der Waals surface area (Å²) >= 11 is 1.69. The fourth-order valence-corrected chi connectivity index (χ4v) is 4.92. The molecule has 1 amide bonds. The zero-order valence-corrected chi connectivity index (χ0v) is 18.2. The fraction of sp³-hybridized carbons (Fsp3) is 0.333. The van der Waals surface area contributed by atoms with E-state index < -0.39 is 5.41 Å². The van der Waals surface area contributed by atoms with Crippen LogP contribution in [0.25, 0.3) is 11.3 Å². The highest BCUT2D eigenvalue weighted by molar-refractivity contribution is 7.99. The maximum Gasteiger partial charge on any atom is 0.228 e. The second kappa shape index (κ2) is 8.66. The number of primary amides is 1.